The number of aromatic nitrogens is 4. The summed E-state index contributed by atoms with van der Waals surface area (Å²) in [4.78, 5) is 29.5. The summed E-state index contributed by atoms with van der Waals surface area (Å²) >= 11 is 0. The Bertz CT molecular complexity index is 695. The Kier molecular flexibility index (Phi) is 4.38. The van der Waals surface area contributed by atoms with Crippen LogP contribution < -0.4 is 0 Å². The minimum Gasteiger partial charge on any atom is -0.333 e. The quantitative estimate of drug-likeness (QED) is 0.848. The summed E-state index contributed by atoms with van der Waals surface area (Å²) in [6.07, 6.45) is 9.03. The SMILES string of the molecule is Cc1nccn1-c1cncc([C@H]2CCCN2C(=O)CN(C)C)n1. The molecular formula is C16H22N6O. The summed E-state index contributed by atoms with van der Waals surface area (Å²) in [5.74, 6) is 1.75. The molecule has 1 atom stereocenters. The number of carbonyl (C=O) groups excluding carboxylic acids is 1. The van der Waals surface area contributed by atoms with Crippen LogP contribution in [-0.4, -0.2) is 62.4 Å². The van der Waals surface area contributed by atoms with Crippen LogP contribution in [0.4, 0.5) is 0 Å². The van der Waals surface area contributed by atoms with E-state index in [1.54, 1.807) is 18.6 Å². The molecule has 7 nitrogen and oxygen atoms in total. The lowest BCUT2D eigenvalue weighted by atomic mass is 10.1. The molecule has 0 N–H and O–H groups in total. The van der Waals surface area contributed by atoms with Gasteiger partial charge in [-0.3, -0.25) is 14.3 Å². The largest absolute Gasteiger partial charge is 0.333 e. The molecule has 0 spiro atoms. The van der Waals surface area contributed by atoms with Gasteiger partial charge < -0.3 is 9.80 Å². The highest BCUT2D eigenvalue weighted by atomic mass is 16.2. The zero-order valence-corrected chi connectivity index (χ0v) is 13.8. The highest BCUT2D eigenvalue weighted by Crippen LogP contribution is 2.30. The van der Waals surface area contributed by atoms with Crippen LogP contribution >= 0.6 is 0 Å². The van der Waals surface area contributed by atoms with Crippen molar-refractivity contribution in [3.63, 3.8) is 0 Å². The van der Waals surface area contributed by atoms with Gasteiger partial charge in [-0.25, -0.2) is 9.97 Å². The lowest BCUT2D eigenvalue weighted by Crippen LogP contribution is -2.37. The Hall–Kier alpha value is -2.28. The third kappa shape index (κ3) is 3.24. The molecular weight excluding hydrogens is 292 g/mol. The van der Waals surface area contributed by atoms with Gasteiger partial charge in [0.25, 0.3) is 0 Å². The van der Waals surface area contributed by atoms with Crippen molar-refractivity contribution in [1.29, 1.82) is 0 Å². The van der Waals surface area contributed by atoms with Crippen molar-refractivity contribution < 1.29 is 4.79 Å². The summed E-state index contributed by atoms with van der Waals surface area (Å²) in [6, 6.07) is 0.0127. The second kappa shape index (κ2) is 6.45. The average Bonchev–Trinajstić information content (AvgIpc) is 3.15. The first-order chi connectivity index (χ1) is 11.1. The molecule has 1 aliphatic rings. The van der Waals surface area contributed by atoms with E-state index in [9.17, 15) is 4.79 Å². The summed E-state index contributed by atoms with van der Waals surface area (Å²) in [7, 11) is 3.82. The second-order valence-electron chi connectivity index (χ2n) is 6.13. The molecule has 2 aromatic heterocycles. The van der Waals surface area contributed by atoms with Crippen LogP contribution in [-0.2, 0) is 4.79 Å². The first kappa shape index (κ1) is 15.6. The van der Waals surface area contributed by atoms with Gasteiger partial charge in [-0.2, -0.15) is 0 Å². The average molecular weight is 314 g/mol. The Balaban J connectivity index is 1.86. The number of hydrogen-bond donors (Lipinski definition) is 0. The van der Waals surface area contributed by atoms with Gasteiger partial charge in [-0.15, -0.1) is 0 Å². The third-order valence-electron chi connectivity index (χ3n) is 4.08. The fraction of sp³-hybridized carbons (Fsp3) is 0.500. The van der Waals surface area contributed by atoms with E-state index in [0.29, 0.717) is 6.54 Å². The van der Waals surface area contributed by atoms with E-state index in [-0.39, 0.29) is 11.9 Å². The molecule has 122 valence electrons. The van der Waals surface area contributed by atoms with Crippen LogP contribution in [0.1, 0.15) is 30.4 Å². The smallest absolute Gasteiger partial charge is 0.237 e. The summed E-state index contributed by atoms with van der Waals surface area (Å²) in [6.45, 7) is 3.13. The number of carbonyl (C=O) groups is 1. The van der Waals surface area contributed by atoms with Crippen molar-refractivity contribution in [2.45, 2.75) is 25.8 Å². The normalized spacial score (nSPS) is 17.9. The van der Waals surface area contributed by atoms with E-state index >= 15 is 0 Å². The van der Waals surface area contributed by atoms with Crippen LogP contribution in [0, 0.1) is 6.92 Å². The number of rotatable bonds is 4. The van der Waals surface area contributed by atoms with Crippen molar-refractivity contribution in [3.05, 3.63) is 36.3 Å². The minimum absolute atomic E-state index is 0.0127. The maximum Gasteiger partial charge on any atom is 0.237 e. The van der Waals surface area contributed by atoms with E-state index in [0.717, 1.165) is 36.7 Å². The maximum atomic E-state index is 12.4. The van der Waals surface area contributed by atoms with Gasteiger partial charge in [0, 0.05) is 18.9 Å². The molecule has 1 amide bonds. The van der Waals surface area contributed by atoms with Crippen molar-refractivity contribution in [2.24, 2.45) is 0 Å². The molecule has 0 bridgehead atoms. The van der Waals surface area contributed by atoms with E-state index in [1.807, 2.05) is 41.6 Å². The first-order valence-corrected chi connectivity index (χ1v) is 7.82. The fourth-order valence-corrected chi connectivity index (χ4v) is 3.00. The van der Waals surface area contributed by atoms with Crippen molar-refractivity contribution in [1.82, 2.24) is 29.3 Å². The lowest BCUT2D eigenvalue weighted by molar-refractivity contribution is -0.132. The molecule has 0 radical (unpaired) electrons. The molecule has 0 aromatic carbocycles. The Morgan fingerprint density at radius 2 is 2.22 bits per heavy atom. The number of likely N-dealkylation sites (tertiary alicyclic amines) is 1. The Labute approximate surface area is 136 Å². The van der Waals surface area contributed by atoms with Crippen molar-refractivity contribution in [2.75, 3.05) is 27.2 Å². The third-order valence-corrected chi connectivity index (χ3v) is 4.08. The zero-order chi connectivity index (χ0) is 16.4. The Morgan fingerprint density at radius 3 is 2.91 bits per heavy atom. The molecule has 0 saturated carbocycles. The molecule has 2 aromatic rings. The topological polar surface area (TPSA) is 67.2 Å². The summed E-state index contributed by atoms with van der Waals surface area (Å²) in [5.41, 5.74) is 0.847. The summed E-state index contributed by atoms with van der Waals surface area (Å²) < 4.78 is 1.90. The van der Waals surface area contributed by atoms with Gasteiger partial charge in [0.05, 0.1) is 30.7 Å². The van der Waals surface area contributed by atoms with Crippen molar-refractivity contribution >= 4 is 5.91 Å². The van der Waals surface area contributed by atoms with Gasteiger partial charge >= 0.3 is 0 Å². The predicted octanol–water partition coefficient (Wildman–Crippen LogP) is 1.20. The zero-order valence-electron chi connectivity index (χ0n) is 13.8. The standard InChI is InChI=1S/C16H22N6O/c1-12-18-6-8-21(12)15-10-17-9-13(19-15)14-5-4-7-22(14)16(23)11-20(2)3/h6,8-10,14H,4-5,7,11H2,1-3H3/t14-/m1/s1. The lowest BCUT2D eigenvalue weighted by Gasteiger charge is -2.25. The van der Waals surface area contributed by atoms with E-state index in [4.69, 9.17) is 4.98 Å². The number of amides is 1. The number of nitrogens with zero attached hydrogens (tertiary/aromatic N) is 6. The van der Waals surface area contributed by atoms with Gasteiger partial charge in [0.15, 0.2) is 5.82 Å². The van der Waals surface area contributed by atoms with E-state index in [2.05, 4.69) is 9.97 Å². The number of likely N-dealkylation sites (N-methyl/N-ethyl adjacent to an activating group) is 1. The molecule has 1 saturated heterocycles. The van der Waals surface area contributed by atoms with Crippen LogP contribution in [0.15, 0.2) is 24.8 Å². The van der Waals surface area contributed by atoms with Gasteiger partial charge in [0.2, 0.25) is 5.91 Å². The molecule has 7 heteroatoms. The number of imidazole rings is 1. The Morgan fingerprint density at radius 1 is 1.39 bits per heavy atom. The van der Waals surface area contributed by atoms with Crippen LogP contribution in [0.2, 0.25) is 0 Å². The summed E-state index contributed by atoms with van der Waals surface area (Å²) in [5, 5.41) is 0. The maximum absolute atomic E-state index is 12.4. The predicted molar refractivity (Wildman–Crippen MR) is 86.1 cm³/mol. The molecule has 3 heterocycles. The van der Waals surface area contributed by atoms with Gasteiger partial charge in [-0.05, 0) is 33.9 Å². The van der Waals surface area contributed by atoms with Gasteiger partial charge in [-0.1, -0.05) is 0 Å². The number of aryl methyl sites for hydroxylation is 1. The van der Waals surface area contributed by atoms with Crippen LogP contribution in [0.5, 0.6) is 0 Å². The monoisotopic (exact) mass is 314 g/mol. The van der Waals surface area contributed by atoms with Crippen molar-refractivity contribution in [3.8, 4) is 5.82 Å². The van der Waals surface area contributed by atoms with E-state index < -0.39 is 0 Å². The number of hydrogen-bond acceptors (Lipinski definition) is 5. The molecule has 0 unspecified atom stereocenters. The molecule has 23 heavy (non-hydrogen) atoms. The van der Waals surface area contributed by atoms with E-state index in [1.165, 1.54) is 0 Å². The molecule has 0 aliphatic carbocycles. The first-order valence-electron chi connectivity index (χ1n) is 7.82. The molecule has 3 rings (SSSR count). The minimum atomic E-state index is 0.0127. The molecule has 1 aliphatic heterocycles. The second-order valence-corrected chi connectivity index (χ2v) is 6.13. The van der Waals surface area contributed by atoms with Gasteiger partial charge in [0.1, 0.15) is 5.82 Å². The van der Waals surface area contributed by atoms with Crippen LogP contribution in [0.3, 0.4) is 0 Å². The molecule has 1 fully saturated rings. The highest BCUT2D eigenvalue weighted by molar-refractivity contribution is 5.79. The van der Waals surface area contributed by atoms with Crippen LogP contribution in [0.25, 0.3) is 5.82 Å². The fourth-order valence-electron chi connectivity index (χ4n) is 3.00. The highest BCUT2D eigenvalue weighted by Gasteiger charge is 2.31.